The van der Waals surface area contributed by atoms with E-state index in [-0.39, 0.29) is 12.5 Å². The van der Waals surface area contributed by atoms with Crippen molar-refractivity contribution in [1.29, 1.82) is 0 Å². The molecule has 3 N–H and O–H groups in total. The van der Waals surface area contributed by atoms with Crippen LogP contribution in [0.3, 0.4) is 0 Å². The summed E-state index contributed by atoms with van der Waals surface area (Å²) in [6, 6.07) is 7.10. The van der Waals surface area contributed by atoms with Gasteiger partial charge in [-0.25, -0.2) is 15.2 Å². The number of carboxylic acid groups (broad SMARTS) is 1. The molecular formula is C22H27N7O4. The first-order chi connectivity index (χ1) is 15.9. The third-order valence-electron chi connectivity index (χ3n) is 5.51. The van der Waals surface area contributed by atoms with E-state index in [1.165, 1.54) is 6.92 Å². The summed E-state index contributed by atoms with van der Waals surface area (Å²) < 4.78 is 5.47. The highest BCUT2D eigenvalue weighted by Crippen LogP contribution is 2.31. The van der Waals surface area contributed by atoms with Crippen molar-refractivity contribution < 1.29 is 19.4 Å². The fourth-order valence-corrected chi connectivity index (χ4v) is 3.92. The first-order valence-electron chi connectivity index (χ1n) is 10.8. The lowest BCUT2D eigenvalue weighted by atomic mass is 10.2. The molecule has 1 atom stereocenters. The molecule has 0 bridgehead atoms. The number of nitrogens with zero attached hydrogens (tertiary/aromatic N) is 5. The predicted molar refractivity (Wildman–Crippen MR) is 122 cm³/mol. The van der Waals surface area contributed by atoms with Crippen LogP contribution in [0.4, 0.5) is 16.6 Å². The summed E-state index contributed by atoms with van der Waals surface area (Å²) in [5.74, 6) is 0.770. The molecule has 2 aliphatic heterocycles. The summed E-state index contributed by atoms with van der Waals surface area (Å²) in [4.78, 5) is 36.7. The van der Waals surface area contributed by atoms with Gasteiger partial charge < -0.3 is 25.0 Å². The Kier molecular flexibility index (Phi) is 6.68. The maximum absolute atomic E-state index is 12.8. The summed E-state index contributed by atoms with van der Waals surface area (Å²) in [7, 11) is 0. The van der Waals surface area contributed by atoms with Gasteiger partial charge in [0.25, 0.3) is 0 Å². The van der Waals surface area contributed by atoms with Crippen LogP contribution >= 0.6 is 0 Å². The molecule has 1 fully saturated rings. The first kappa shape index (κ1) is 22.5. The molecule has 4 rings (SSSR count). The second kappa shape index (κ2) is 9.82. The number of anilines is 2. The van der Waals surface area contributed by atoms with E-state index in [0.717, 1.165) is 28.2 Å². The largest absolute Gasteiger partial charge is 0.465 e. The molecule has 2 aliphatic rings. The van der Waals surface area contributed by atoms with E-state index in [0.29, 0.717) is 38.8 Å². The Morgan fingerprint density at radius 3 is 2.76 bits per heavy atom. The van der Waals surface area contributed by atoms with E-state index in [1.54, 1.807) is 11.1 Å². The highest BCUT2D eigenvalue weighted by Gasteiger charge is 2.33. The second-order valence-corrected chi connectivity index (χ2v) is 8.05. The van der Waals surface area contributed by atoms with Gasteiger partial charge >= 0.3 is 6.09 Å². The molecule has 11 nitrogen and oxygen atoms in total. The number of hydrazone groups is 1. The summed E-state index contributed by atoms with van der Waals surface area (Å²) in [6.07, 6.45) is 0.465. The summed E-state index contributed by atoms with van der Waals surface area (Å²) in [5, 5.41) is 15.4. The molecule has 0 spiro atoms. The topological polar surface area (TPSA) is 132 Å². The number of hydrogen-bond acceptors (Lipinski definition) is 8. The molecule has 1 unspecified atom stereocenters. The third-order valence-corrected chi connectivity index (χ3v) is 5.51. The quantitative estimate of drug-likeness (QED) is 0.444. The highest BCUT2D eigenvalue weighted by atomic mass is 16.5. The zero-order valence-electron chi connectivity index (χ0n) is 18.6. The van der Waals surface area contributed by atoms with Crippen molar-refractivity contribution in [2.24, 2.45) is 5.10 Å². The predicted octanol–water partition coefficient (Wildman–Crippen LogP) is 1.57. The monoisotopic (exact) mass is 453 g/mol. The van der Waals surface area contributed by atoms with Crippen LogP contribution in [0, 0.1) is 6.92 Å². The molecule has 33 heavy (non-hydrogen) atoms. The average Bonchev–Trinajstić information content (AvgIpc) is 3.22. The van der Waals surface area contributed by atoms with Crippen LogP contribution in [0.15, 0.2) is 29.4 Å². The van der Waals surface area contributed by atoms with Gasteiger partial charge in [0.05, 0.1) is 38.2 Å². The molecular weight excluding hydrogens is 426 g/mol. The number of aryl methyl sites for hydroxylation is 1. The van der Waals surface area contributed by atoms with Crippen molar-refractivity contribution >= 4 is 30.0 Å². The number of ether oxygens (including phenoxy) is 1. The van der Waals surface area contributed by atoms with Crippen molar-refractivity contribution in [2.75, 3.05) is 36.6 Å². The van der Waals surface area contributed by atoms with E-state index >= 15 is 0 Å². The number of aromatic nitrogens is 2. The smallest absolute Gasteiger partial charge is 0.405 e. The summed E-state index contributed by atoms with van der Waals surface area (Å²) in [5.41, 5.74) is 6.58. The van der Waals surface area contributed by atoms with Gasteiger partial charge in [0.1, 0.15) is 11.9 Å². The van der Waals surface area contributed by atoms with Crippen molar-refractivity contribution in [3.8, 4) is 0 Å². The molecule has 2 aromatic rings. The second-order valence-electron chi connectivity index (χ2n) is 8.05. The molecule has 1 saturated heterocycles. The standard InChI is InChI=1S/C22H27N7O4/c1-14-4-3-5-16(10-14)11-23-27-21-25-18-13-29(20(30)15(2)24-22(31)32)12-17(18)19(26-21)28-6-8-33-9-7-28/h3-5,10-11,15,24H,6-9,12-13H2,1-2H3,(H,31,32)(H,25,26,27)/b23-11+. The van der Waals surface area contributed by atoms with Crippen LogP contribution in [-0.2, 0) is 22.6 Å². The van der Waals surface area contributed by atoms with Crippen LogP contribution in [0.1, 0.15) is 29.3 Å². The maximum Gasteiger partial charge on any atom is 0.405 e. The third kappa shape index (κ3) is 5.37. The Hall–Kier alpha value is -3.73. The lowest BCUT2D eigenvalue weighted by Gasteiger charge is -2.29. The maximum atomic E-state index is 12.8. The van der Waals surface area contributed by atoms with Crippen LogP contribution in [0.2, 0.25) is 0 Å². The molecule has 2 amide bonds. The number of carbonyl (C=O) groups excluding carboxylic acids is 1. The number of benzene rings is 1. The summed E-state index contributed by atoms with van der Waals surface area (Å²) in [6.45, 7) is 6.68. The number of hydrogen-bond donors (Lipinski definition) is 3. The Labute approximate surface area is 191 Å². The Morgan fingerprint density at radius 1 is 1.24 bits per heavy atom. The SMILES string of the molecule is Cc1cccc(/C=N/Nc2nc3c(c(N4CCOCC4)n2)CN(C(=O)C(C)NC(=O)O)C3)c1. The Morgan fingerprint density at radius 2 is 2.03 bits per heavy atom. The van der Waals surface area contributed by atoms with Crippen LogP contribution < -0.4 is 15.6 Å². The number of nitrogens with one attached hydrogen (secondary N) is 2. The van der Waals surface area contributed by atoms with Gasteiger partial charge in [0, 0.05) is 18.7 Å². The van der Waals surface area contributed by atoms with E-state index in [9.17, 15) is 9.59 Å². The molecule has 1 aromatic heterocycles. The van der Waals surface area contributed by atoms with Crippen molar-refractivity contribution in [2.45, 2.75) is 33.0 Å². The molecule has 0 aliphatic carbocycles. The number of morpholine rings is 1. The van der Waals surface area contributed by atoms with E-state index in [2.05, 4.69) is 25.7 Å². The summed E-state index contributed by atoms with van der Waals surface area (Å²) >= 11 is 0. The fraction of sp³-hybridized carbons (Fsp3) is 0.409. The van der Waals surface area contributed by atoms with Gasteiger partial charge in [-0.15, -0.1) is 0 Å². The zero-order chi connectivity index (χ0) is 23.4. The van der Waals surface area contributed by atoms with Crippen LogP contribution in [0.5, 0.6) is 0 Å². The minimum Gasteiger partial charge on any atom is -0.465 e. The number of amides is 2. The number of rotatable bonds is 6. The van der Waals surface area contributed by atoms with Crippen molar-refractivity contribution in [3.63, 3.8) is 0 Å². The highest BCUT2D eigenvalue weighted by molar-refractivity contribution is 5.85. The van der Waals surface area contributed by atoms with Gasteiger partial charge in [0.15, 0.2) is 0 Å². The first-order valence-corrected chi connectivity index (χ1v) is 10.8. The molecule has 0 radical (unpaired) electrons. The van der Waals surface area contributed by atoms with Gasteiger partial charge in [0.2, 0.25) is 11.9 Å². The van der Waals surface area contributed by atoms with Gasteiger partial charge in [-0.1, -0.05) is 29.8 Å². The number of carbonyl (C=O) groups is 2. The van der Waals surface area contributed by atoms with E-state index < -0.39 is 12.1 Å². The zero-order valence-corrected chi connectivity index (χ0v) is 18.6. The van der Waals surface area contributed by atoms with Crippen molar-refractivity contribution in [1.82, 2.24) is 20.2 Å². The average molecular weight is 454 g/mol. The lowest BCUT2D eigenvalue weighted by molar-refractivity contribution is -0.133. The van der Waals surface area contributed by atoms with Crippen molar-refractivity contribution in [3.05, 3.63) is 46.6 Å². The van der Waals surface area contributed by atoms with Gasteiger partial charge in [-0.2, -0.15) is 10.1 Å². The molecule has 11 heteroatoms. The normalized spacial score (nSPS) is 16.5. The Bertz CT molecular complexity index is 1070. The van der Waals surface area contributed by atoms with Gasteiger partial charge in [-0.05, 0) is 19.4 Å². The van der Waals surface area contributed by atoms with E-state index in [4.69, 9.17) is 14.8 Å². The molecule has 3 heterocycles. The minimum atomic E-state index is -1.24. The van der Waals surface area contributed by atoms with E-state index in [1.807, 2.05) is 31.2 Å². The number of fused-ring (bicyclic) bond motifs is 1. The minimum absolute atomic E-state index is 0.274. The van der Waals surface area contributed by atoms with Crippen LogP contribution in [0.25, 0.3) is 0 Å². The van der Waals surface area contributed by atoms with Crippen LogP contribution in [-0.4, -0.2) is 70.5 Å². The molecule has 1 aromatic carbocycles. The lowest BCUT2D eigenvalue weighted by Crippen LogP contribution is -2.44. The molecule has 174 valence electrons. The molecule has 0 saturated carbocycles. The fourth-order valence-electron chi connectivity index (χ4n) is 3.92. The van der Waals surface area contributed by atoms with Gasteiger partial charge in [-0.3, -0.25) is 4.79 Å². The Balaban J connectivity index is 1.57.